The highest BCUT2D eigenvalue weighted by Crippen LogP contribution is 2.29. The van der Waals surface area contributed by atoms with Crippen LogP contribution in [-0.2, 0) is 10.0 Å². The van der Waals surface area contributed by atoms with E-state index in [2.05, 4.69) is 10.0 Å². The van der Waals surface area contributed by atoms with Crippen molar-refractivity contribution in [2.75, 3.05) is 16.6 Å². The summed E-state index contributed by atoms with van der Waals surface area (Å²) in [7, 11) is -3.91. The lowest BCUT2D eigenvalue weighted by molar-refractivity contribution is 0.102. The summed E-state index contributed by atoms with van der Waals surface area (Å²) in [5.74, 6) is -0.100. The number of ether oxygens (including phenoxy) is 1. The Labute approximate surface area is 184 Å². The fourth-order valence-corrected chi connectivity index (χ4v) is 4.01. The molecule has 0 radical (unpaired) electrons. The Balaban J connectivity index is 1.91. The predicted octanol–water partition coefficient (Wildman–Crippen LogP) is 5.45. The van der Waals surface area contributed by atoms with Gasteiger partial charge >= 0.3 is 0 Å². The number of hydrogen-bond acceptors (Lipinski definition) is 4. The minimum Gasteiger partial charge on any atom is -0.492 e. The lowest BCUT2D eigenvalue weighted by Gasteiger charge is -2.14. The van der Waals surface area contributed by atoms with Crippen LogP contribution in [0, 0.1) is 0 Å². The molecule has 0 fully saturated rings. The molecule has 0 aliphatic carbocycles. The normalized spacial score (nSPS) is 11.0. The van der Waals surface area contributed by atoms with E-state index in [9.17, 15) is 13.2 Å². The van der Waals surface area contributed by atoms with Gasteiger partial charge in [-0.05, 0) is 67.6 Å². The largest absolute Gasteiger partial charge is 0.492 e. The smallest absolute Gasteiger partial charge is 0.261 e. The molecule has 3 aromatic carbocycles. The van der Waals surface area contributed by atoms with Crippen LogP contribution in [0.5, 0.6) is 5.75 Å². The molecule has 0 aliphatic rings. The van der Waals surface area contributed by atoms with E-state index in [1.807, 2.05) is 0 Å². The van der Waals surface area contributed by atoms with Crippen LogP contribution in [0.4, 0.5) is 11.4 Å². The van der Waals surface area contributed by atoms with Crippen LogP contribution in [0.2, 0.25) is 10.0 Å². The summed E-state index contributed by atoms with van der Waals surface area (Å²) in [6.07, 6.45) is 0. The maximum Gasteiger partial charge on any atom is 0.261 e. The van der Waals surface area contributed by atoms with Crippen molar-refractivity contribution in [1.29, 1.82) is 0 Å². The zero-order valence-electron chi connectivity index (χ0n) is 15.9. The van der Waals surface area contributed by atoms with Crippen LogP contribution in [-0.4, -0.2) is 20.9 Å². The minimum atomic E-state index is -3.91. The van der Waals surface area contributed by atoms with Gasteiger partial charge in [0.15, 0.2) is 0 Å². The highest BCUT2D eigenvalue weighted by Gasteiger charge is 2.18. The number of rotatable bonds is 7. The first kappa shape index (κ1) is 22.0. The lowest BCUT2D eigenvalue weighted by Crippen LogP contribution is -2.16. The van der Waals surface area contributed by atoms with Gasteiger partial charge in [-0.3, -0.25) is 9.52 Å². The number of carbonyl (C=O) groups is 1. The molecule has 3 rings (SSSR count). The van der Waals surface area contributed by atoms with E-state index in [-0.39, 0.29) is 10.6 Å². The first-order valence-corrected chi connectivity index (χ1v) is 11.1. The number of anilines is 2. The van der Waals surface area contributed by atoms with Crippen LogP contribution in [0.1, 0.15) is 17.3 Å². The molecule has 0 saturated carbocycles. The van der Waals surface area contributed by atoms with Crippen molar-refractivity contribution in [3.63, 3.8) is 0 Å². The van der Waals surface area contributed by atoms with Gasteiger partial charge < -0.3 is 10.1 Å². The molecule has 30 heavy (non-hydrogen) atoms. The fraction of sp³-hybridized carbons (Fsp3) is 0.0952. The van der Waals surface area contributed by atoms with Crippen molar-refractivity contribution in [2.24, 2.45) is 0 Å². The second-order valence-electron chi connectivity index (χ2n) is 6.17. The number of amides is 1. The Kier molecular flexibility index (Phi) is 6.87. The molecule has 0 aliphatic heterocycles. The predicted molar refractivity (Wildman–Crippen MR) is 119 cm³/mol. The third-order valence-electron chi connectivity index (χ3n) is 3.99. The van der Waals surface area contributed by atoms with Gasteiger partial charge in [0.2, 0.25) is 0 Å². The minimum absolute atomic E-state index is 0.0395. The van der Waals surface area contributed by atoms with Crippen LogP contribution in [0.3, 0.4) is 0 Å². The first-order valence-electron chi connectivity index (χ1n) is 8.90. The summed E-state index contributed by atoms with van der Waals surface area (Å²) in [4.78, 5) is 12.6. The molecule has 0 saturated heterocycles. The topological polar surface area (TPSA) is 84.5 Å². The summed E-state index contributed by atoms with van der Waals surface area (Å²) in [6, 6.07) is 16.9. The van der Waals surface area contributed by atoms with Gasteiger partial charge in [0.25, 0.3) is 15.9 Å². The van der Waals surface area contributed by atoms with Gasteiger partial charge in [-0.25, -0.2) is 8.42 Å². The van der Waals surface area contributed by atoms with Crippen molar-refractivity contribution >= 4 is 50.5 Å². The summed E-state index contributed by atoms with van der Waals surface area (Å²) in [5, 5.41) is 3.59. The van der Waals surface area contributed by atoms with E-state index < -0.39 is 15.9 Å². The molecular formula is C21H18Cl2N2O4S. The molecule has 0 heterocycles. The Morgan fingerprint density at radius 2 is 1.70 bits per heavy atom. The molecule has 0 unspecified atom stereocenters. The lowest BCUT2D eigenvalue weighted by atomic mass is 10.2. The Bertz CT molecular complexity index is 1170. The molecule has 0 atom stereocenters. The zero-order valence-corrected chi connectivity index (χ0v) is 18.2. The molecule has 0 aromatic heterocycles. The van der Waals surface area contributed by atoms with Crippen molar-refractivity contribution < 1.29 is 17.9 Å². The van der Waals surface area contributed by atoms with Crippen LogP contribution >= 0.6 is 23.2 Å². The monoisotopic (exact) mass is 464 g/mol. The van der Waals surface area contributed by atoms with E-state index >= 15 is 0 Å². The van der Waals surface area contributed by atoms with Gasteiger partial charge in [-0.1, -0.05) is 29.3 Å². The van der Waals surface area contributed by atoms with Crippen molar-refractivity contribution in [1.82, 2.24) is 0 Å². The maximum absolute atomic E-state index is 12.8. The number of sulfonamides is 1. The second-order valence-corrected chi connectivity index (χ2v) is 8.72. The van der Waals surface area contributed by atoms with Crippen molar-refractivity contribution in [3.05, 3.63) is 82.3 Å². The van der Waals surface area contributed by atoms with Gasteiger partial charge in [0.05, 0.1) is 17.2 Å². The van der Waals surface area contributed by atoms with Crippen LogP contribution in [0.15, 0.2) is 71.6 Å². The number of carbonyl (C=O) groups excluding carboxylic acids is 1. The highest BCUT2D eigenvalue weighted by molar-refractivity contribution is 7.92. The number of nitrogens with one attached hydrogen (secondary N) is 2. The molecule has 3 aromatic rings. The molecule has 0 bridgehead atoms. The average Bonchev–Trinajstić information content (AvgIpc) is 2.71. The number of halogens is 2. The van der Waals surface area contributed by atoms with E-state index in [4.69, 9.17) is 27.9 Å². The van der Waals surface area contributed by atoms with Crippen LogP contribution < -0.4 is 14.8 Å². The Morgan fingerprint density at radius 1 is 0.967 bits per heavy atom. The quantitative estimate of drug-likeness (QED) is 0.486. The third-order valence-corrected chi connectivity index (χ3v) is 5.86. The number of benzene rings is 3. The molecule has 6 nitrogen and oxygen atoms in total. The zero-order chi connectivity index (χ0) is 21.7. The fourth-order valence-electron chi connectivity index (χ4n) is 2.61. The van der Waals surface area contributed by atoms with Gasteiger partial charge in [0, 0.05) is 21.3 Å². The molecule has 1 amide bonds. The first-order chi connectivity index (χ1) is 14.3. The highest BCUT2D eigenvalue weighted by atomic mass is 35.5. The standard InChI is InChI=1S/C21H18Cl2N2O4S/c1-2-29-20-11-10-18(30(27,28)25-17-8-6-15(22)7-9-17)13-19(20)24-21(26)14-4-3-5-16(23)12-14/h3-13,25H,2H2,1H3,(H,24,26). The molecular weight excluding hydrogens is 447 g/mol. The summed E-state index contributed by atoms with van der Waals surface area (Å²) in [5.41, 5.74) is 0.913. The second kappa shape index (κ2) is 9.38. The van der Waals surface area contributed by atoms with Crippen LogP contribution in [0.25, 0.3) is 0 Å². The van der Waals surface area contributed by atoms with E-state index in [0.717, 1.165) is 0 Å². The molecule has 0 spiro atoms. The number of hydrogen-bond donors (Lipinski definition) is 2. The molecule has 9 heteroatoms. The molecule has 156 valence electrons. The van der Waals surface area contributed by atoms with E-state index in [1.54, 1.807) is 49.4 Å². The summed E-state index contributed by atoms with van der Waals surface area (Å²) < 4.78 is 33.6. The van der Waals surface area contributed by atoms with E-state index in [1.165, 1.54) is 24.3 Å². The Hall–Kier alpha value is -2.74. The van der Waals surface area contributed by atoms with Crippen molar-refractivity contribution in [2.45, 2.75) is 11.8 Å². The van der Waals surface area contributed by atoms with E-state index in [0.29, 0.717) is 33.7 Å². The maximum atomic E-state index is 12.8. The SMILES string of the molecule is CCOc1ccc(S(=O)(=O)Nc2ccc(Cl)cc2)cc1NC(=O)c1cccc(Cl)c1. The summed E-state index contributed by atoms with van der Waals surface area (Å²) in [6.45, 7) is 2.13. The average molecular weight is 465 g/mol. The van der Waals surface area contributed by atoms with Crippen molar-refractivity contribution in [3.8, 4) is 5.75 Å². The van der Waals surface area contributed by atoms with Gasteiger partial charge in [0.1, 0.15) is 5.75 Å². The van der Waals surface area contributed by atoms with Gasteiger partial charge in [-0.15, -0.1) is 0 Å². The summed E-state index contributed by atoms with van der Waals surface area (Å²) >= 11 is 11.8. The Morgan fingerprint density at radius 3 is 2.37 bits per heavy atom. The van der Waals surface area contributed by atoms with Gasteiger partial charge in [-0.2, -0.15) is 0 Å². The molecule has 2 N–H and O–H groups in total. The third kappa shape index (κ3) is 5.44.